The lowest BCUT2D eigenvalue weighted by Gasteiger charge is -2.18. The highest BCUT2D eigenvalue weighted by molar-refractivity contribution is 7.12. The molecule has 2 aromatic heterocycles. The Hall–Kier alpha value is -3.91. The lowest BCUT2D eigenvalue weighted by atomic mass is 10.0. The van der Waals surface area contributed by atoms with E-state index in [0.717, 1.165) is 16.5 Å². The first kappa shape index (κ1) is 22.3. The summed E-state index contributed by atoms with van der Waals surface area (Å²) < 4.78 is 0. The molecular weight excluding hydrogens is 436 g/mol. The Morgan fingerprint density at radius 3 is 2.36 bits per heavy atom. The molecule has 3 amide bonds. The number of carbonyl (C=O) groups is 3. The van der Waals surface area contributed by atoms with E-state index in [-0.39, 0.29) is 17.7 Å². The van der Waals surface area contributed by atoms with Crippen LogP contribution in [0.5, 0.6) is 0 Å². The molecule has 1 atom stereocenters. The van der Waals surface area contributed by atoms with Gasteiger partial charge in [-0.3, -0.25) is 14.4 Å². The van der Waals surface area contributed by atoms with E-state index >= 15 is 0 Å². The fraction of sp³-hybridized carbons (Fsp3) is 0.160. The number of benzene rings is 2. The molecular formula is C25H24N4O3S. The molecule has 168 valence electrons. The predicted octanol–water partition coefficient (Wildman–Crippen LogP) is 4.56. The molecule has 0 spiro atoms. The van der Waals surface area contributed by atoms with Crippen LogP contribution in [0.1, 0.15) is 28.6 Å². The van der Waals surface area contributed by atoms with Crippen LogP contribution < -0.4 is 16.0 Å². The molecule has 0 fully saturated rings. The summed E-state index contributed by atoms with van der Waals surface area (Å²) in [5, 5.41) is 11.4. The van der Waals surface area contributed by atoms with Gasteiger partial charge >= 0.3 is 0 Å². The predicted molar refractivity (Wildman–Crippen MR) is 132 cm³/mol. The molecule has 33 heavy (non-hydrogen) atoms. The average Bonchev–Trinajstić information content (AvgIpc) is 3.50. The molecule has 2 heterocycles. The third-order valence-electron chi connectivity index (χ3n) is 5.22. The topological polar surface area (TPSA) is 103 Å². The van der Waals surface area contributed by atoms with Gasteiger partial charge in [-0.1, -0.05) is 31.2 Å². The minimum atomic E-state index is -0.779. The van der Waals surface area contributed by atoms with Crippen molar-refractivity contribution in [2.45, 2.75) is 25.8 Å². The van der Waals surface area contributed by atoms with Gasteiger partial charge in [-0.15, -0.1) is 11.3 Å². The normalized spacial score (nSPS) is 11.7. The van der Waals surface area contributed by atoms with Gasteiger partial charge in [0.15, 0.2) is 0 Å². The van der Waals surface area contributed by atoms with E-state index in [9.17, 15) is 14.4 Å². The second-order valence-corrected chi connectivity index (χ2v) is 8.48. The molecule has 4 aromatic rings. The molecule has 0 aliphatic rings. The number of anilines is 2. The molecule has 0 radical (unpaired) electrons. The first-order valence-corrected chi connectivity index (χ1v) is 11.5. The molecule has 0 saturated heterocycles. The van der Waals surface area contributed by atoms with Crippen LogP contribution in [0.3, 0.4) is 0 Å². The number of H-pyrrole nitrogens is 1. The summed E-state index contributed by atoms with van der Waals surface area (Å²) in [6, 6.07) is 17.5. The van der Waals surface area contributed by atoms with Crippen LogP contribution in [0, 0.1) is 0 Å². The van der Waals surface area contributed by atoms with Crippen LogP contribution in [0.2, 0.25) is 0 Å². The van der Waals surface area contributed by atoms with Gasteiger partial charge in [-0.2, -0.15) is 0 Å². The Morgan fingerprint density at radius 2 is 1.67 bits per heavy atom. The van der Waals surface area contributed by atoms with Crippen molar-refractivity contribution in [3.63, 3.8) is 0 Å². The molecule has 0 aliphatic heterocycles. The fourth-order valence-electron chi connectivity index (χ4n) is 3.48. The minimum Gasteiger partial charge on any atom is -0.361 e. The van der Waals surface area contributed by atoms with Gasteiger partial charge in [-0.25, -0.2) is 0 Å². The third kappa shape index (κ3) is 5.48. The zero-order valence-corrected chi connectivity index (χ0v) is 18.9. The van der Waals surface area contributed by atoms with Crippen molar-refractivity contribution < 1.29 is 14.4 Å². The maximum Gasteiger partial charge on any atom is 0.262 e. The number of para-hydroxylation sites is 1. The Bertz CT molecular complexity index is 1260. The number of amides is 3. The lowest BCUT2D eigenvalue weighted by Crippen LogP contribution is -2.45. The molecule has 4 N–H and O–H groups in total. The van der Waals surface area contributed by atoms with E-state index in [1.807, 2.05) is 35.8 Å². The average molecular weight is 461 g/mol. The fourth-order valence-corrected chi connectivity index (χ4v) is 4.11. The second-order valence-electron chi connectivity index (χ2n) is 7.54. The number of hydrogen-bond acceptors (Lipinski definition) is 4. The Kier molecular flexibility index (Phi) is 6.85. The maximum atomic E-state index is 13.2. The first-order chi connectivity index (χ1) is 16.0. The summed E-state index contributed by atoms with van der Waals surface area (Å²) in [6.45, 7) is 1.78. The summed E-state index contributed by atoms with van der Waals surface area (Å²) in [5.41, 5.74) is 3.14. The summed E-state index contributed by atoms with van der Waals surface area (Å²) >= 11 is 1.32. The SMILES string of the molecule is CCC(=O)Nc1ccc(NC(=O)C(Cc2c[nH]c3ccccc23)NC(=O)c2cccs2)cc1. The van der Waals surface area contributed by atoms with Crippen LogP contribution in [0.4, 0.5) is 11.4 Å². The van der Waals surface area contributed by atoms with Gasteiger partial charge in [0.1, 0.15) is 6.04 Å². The summed E-state index contributed by atoms with van der Waals surface area (Å²) in [6.07, 6.45) is 2.59. The van der Waals surface area contributed by atoms with E-state index in [1.54, 1.807) is 43.3 Å². The Balaban J connectivity index is 1.52. The van der Waals surface area contributed by atoms with E-state index < -0.39 is 6.04 Å². The molecule has 1 unspecified atom stereocenters. The van der Waals surface area contributed by atoms with Crippen LogP contribution >= 0.6 is 11.3 Å². The number of aromatic nitrogens is 1. The molecule has 8 heteroatoms. The highest BCUT2D eigenvalue weighted by Crippen LogP contribution is 2.21. The molecule has 0 bridgehead atoms. The molecule has 2 aromatic carbocycles. The Morgan fingerprint density at radius 1 is 0.939 bits per heavy atom. The van der Waals surface area contributed by atoms with Gasteiger partial charge in [0.2, 0.25) is 11.8 Å². The maximum absolute atomic E-state index is 13.2. The quantitative estimate of drug-likeness (QED) is 0.310. The van der Waals surface area contributed by atoms with Gasteiger partial charge in [0, 0.05) is 41.3 Å². The second kappa shape index (κ2) is 10.1. The summed E-state index contributed by atoms with van der Waals surface area (Å²) in [5.74, 6) is -0.694. The van der Waals surface area contributed by atoms with Gasteiger partial charge in [0.25, 0.3) is 5.91 Å². The van der Waals surface area contributed by atoms with Crippen molar-refractivity contribution in [3.05, 3.63) is 82.7 Å². The van der Waals surface area contributed by atoms with Gasteiger partial charge in [-0.05, 0) is 47.3 Å². The molecule has 7 nitrogen and oxygen atoms in total. The van der Waals surface area contributed by atoms with Crippen LogP contribution in [-0.4, -0.2) is 28.7 Å². The van der Waals surface area contributed by atoms with Crippen LogP contribution in [0.25, 0.3) is 10.9 Å². The number of aromatic amines is 1. The summed E-state index contributed by atoms with van der Waals surface area (Å²) in [7, 11) is 0. The van der Waals surface area contributed by atoms with Crippen molar-refractivity contribution >= 4 is 51.3 Å². The van der Waals surface area contributed by atoms with Gasteiger partial charge < -0.3 is 20.9 Å². The van der Waals surface area contributed by atoms with Crippen molar-refractivity contribution in [2.75, 3.05) is 10.6 Å². The molecule has 4 rings (SSSR count). The van der Waals surface area contributed by atoms with Crippen molar-refractivity contribution in [2.24, 2.45) is 0 Å². The number of carbonyl (C=O) groups excluding carboxylic acids is 3. The molecule has 0 saturated carbocycles. The number of thiophene rings is 1. The van der Waals surface area contributed by atoms with Crippen molar-refractivity contribution in [1.82, 2.24) is 10.3 Å². The number of hydrogen-bond donors (Lipinski definition) is 4. The van der Waals surface area contributed by atoms with E-state index in [1.165, 1.54) is 11.3 Å². The zero-order chi connectivity index (χ0) is 23.2. The highest BCUT2D eigenvalue weighted by Gasteiger charge is 2.24. The number of nitrogens with one attached hydrogen (secondary N) is 4. The third-order valence-corrected chi connectivity index (χ3v) is 6.09. The first-order valence-electron chi connectivity index (χ1n) is 10.6. The van der Waals surface area contributed by atoms with Crippen molar-refractivity contribution in [3.8, 4) is 0 Å². The smallest absolute Gasteiger partial charge is 0.262 e. The molecule has 0 aliphatic carbocycles. The lowest BCUT2D eigenvalue weighted by molar-refractivity contribution is -0.118. The highest BCUT2D eigenvalue weighted by atomic mass is 32.1. The summed E-state index contributed by atoms with van der Waals surface area (Å²) in [4.78, 5) is 41.2. The largest absolute Gasteiger partial charge is 0.361 e. The van der Waals surface area contributed by atoms with E-state index in [0.29, 0.717) is 29.1 Å². The van der Waals surface area contributed by atoms with Crippen LogP contribution in [0.15, 0.2) is 72.2 Å². The van der Waals surface area contributed by atoms with Crippen LogP contribution in [-0.2, 0) is 16.0 Å². The van der Waals surface area contributed by atoms with Crippen molar-refractivity contribution in [1.29, 1.82) is 0 Å². The van der Waals surface area contributed by atoms with Gasteiger partial charge in [0.05, 0.1) is 4.88 Å². The van der Waals surface area contributed by atoms with E-state index in [2.05, 4.69) is 20.9 Å². The number of rotatable bonds is 8. The van der Waals surface area contributed by atoms with E-state index in [4.69, 9.17) is 0 Å². The monoisotopic (exact) mass is 460 g/mol. The Labute approximate surface area is 195 Å². The zero-order valence-electron chi connectivity index (χ0n) is 18.1. The standard InChI is InChI=1S/C25H24N4O3S/c1-2-23(30)27-17-9-11-18(12-10-17)28-24(31)21(29-25(32)22-8-5-13-33-22)14-16-15-26-20-7-4-3-6-19(16)20/h3-13,15,21,26H,2,14H2,1H3,(H,27,30)(H,28,31)(H,29,32). The minimum absolute atomic E-state index is 0.0816. The number of fused-ring (bicyclic) bond motifs is 1.